The molecule has 2 fully saturated rings. The van der Waals surface area contributed by atoms with E-state index in [0.717, 1.165) is 32.7 Å². The smallest absolute Gasteiger partial charge is 0.223 e. The molecule has 0 saturated carbocycles. The molecule has 1 amide bonds. The molecule has 2 aliphatic rings. The van der Waals surface area contributed by atoms with Crippen molar-refractivity contribution in [1.82, 2.24) is 15.5 Å². The van der Waals surface area contributed by atoms with E-state index in [4.69, 9.17) is 0 Å². The normalized spacial score (nSPS) is 24.0. The zero-order valence-corrected chi connectivity index (χ0v) is 13.4. The highest BCUT2D eigenvalue weighted by atomic mass is 16.1. The van der Waals surface area contributed by atoms with Gasteiger partial charge in [0.1, 0.15) is 0 Å². The Morgan fingerprint density at radius 3 is 2.82 bits per heavy atom. The van der Waals surface area contributed by atoms with Crippen molar-refractivity contribution in [3.63, 3.8) is 0 Å². The van der Waals surface area contributed by atoms with Crippen LogP contribution >= 0.6 is 0 Å². The quantitative estimate of drug-likeness (QED) is 0.839. The van der Waals surface area contributed by atoms with Crippen molar-refractivity contribution in [1.29, 1.82) is 0 Å². The fourth-order valence-corrected chi connectivity index (χ4v) is 3.41. The maximum Gasteiger partial charge on any atom is 0.223 e. The Bertz CT molecular complexity index is 486. The van der Waals surface area contributed by atoms with Gasteiger partial charge in [-0.05, 0) is 44.0 Å². The number of amides is 1. The molecule has 4 heteroatoms. The molecule has 2 N–H and O–H groups in total. The number of nitrogens with one attached hydrogen (secondary N) is 2. The molecule has 3 rings (SSSR count). The Morgan fingerprint density at radius 1 is 1.36 bits per heavy atom. The lowest BCUT2D eigenvalue weighted by atomic mass is 9.88. The number of likely N-dealkylation sites (tertiary alicyclic amines) is 1. The van der Waals surface area contributed by atoms with Crippen LogP contribution in [0.4, 0.5) is 0 Å². The molecule has 0 radical (unpaired) electrons. The molecule has 0 aromatic heterocycles. The van der Waals surface area contributed by atoms with Crippen molar-refractivity contribution in [2.75, 3.05) is 26.2 Å². The Labute approximate surface area is 133 Å². The van der Waals surface area contributed by atoms with Gasteiger partial charge in [-0.1, -0.05) is 37.3 Å². The Kier molecular flexibility index (Phi) is 5.11. The molecule has 2 heterocycles. The van der Waals surface area contributed by atoms with Gasteiger partial charge in [0.25, 0.3) is 0 Å². The Hall–Kier alpha value is -1.39. The second kappa shape index (κ2) is 7.25. The third-order valence-electron chi connectivity index (χ3n) is 5.17. The van der Waals surface area contributed by atoms with E-state index in [1.54, 1.807) is 0 Å². The zero-order valence-electron chi connectivity index (χ0n) is 13.4. The summed E-state index contributed by atoms with van der Waals surface area (Å²) in [6.07, 6.45) is 2.42. The van der Waals surface area contributed by atoms with Crippen LogP contribution in [0, 0.1) is 11.8 Å². The first-order chi connectivity index (χ1) is 10.7. The molecule has 4 nitrogen and oxygen atoms in total. The number of rotatable bonds is 6. The SMILES string of the molecule is CC(C(=O)NCC1CCCN1Cc1ccccc1)C1CNC1. The largest absolute Gasteiger partial charge is 0.354 e. The Balaban J connectivity index is 1.47. The van der Waals surface area contributed by atoms with E-state index in [1.165, 1.54) is 18.4 Å². The molecule has 0 aliphatic carbocycles. The monoisotopic (exact) mass is 301 g/mol. The lowest BCUT2D eigenvalue weighted by Crippen LogP contribution is -2.50. The summed E-state index contributed by atoms with van der Waals surface area (Å²) in [6.45, 7) is 6.94. The topological polar surface area (TPSA) is 44.4 Å². The van der Waals surface area contributed by atoms with Crippen LogP contribution in [0.25, 0.3) is 0 Å². The number of nitrogens with zero attached hydrogens (tertiary/aromatic N) is 1. The van der Waals surface area contributed by atoms with Gasteiger partial charge in [-0.15, -0.1) is 0 Å². The van der Waals surface area contributed by atoms with Crippen LogP contribution in [0.3, 0.4) is 0 Å². The number of carbonyl (C=O) groups excluding carboxylic acids is 1. The maximum atomic E-state index is 12.2. The first-order valence-corrected chi connectivity index (χ1v) is 8.50. The van der Waals surface area contributed by atoms with Crippen molar-refractivity contribution in [2.45, 2.75) is 32.4 Å². The van der Waals surface area contributed by atoms with Gasteiger partial charge in [0.05, 0.1) is 0 Å². The van der Waals surface area contributed by atoms with Crippen molar-refractivity contribution < 1.29 is 4.79 Å². The van der Waals surface area contributed by atoms with E-state index in [1.807, 2.05) is 0 Å². The second-order valence-electron chi connectivity index (χ2n) is 6.70. The van der Waals surface area contributed by atoms with Crippen LogP contribution in [0.1, 0.15) is 25.3 Å². The third kappa shape index (κ3) is 3.68. The molecular formula is C18H27N3O. The summed E-state index contributed by atoms with van der Waals surface area (Å²) in [5.41, 5.74) is 1.36. The number of hydrogen-bond donors (Lipinski definition) is 2. The molecule has 1 aromatic carbocycles. The van der Waals surface area contributed by atoms with Crippen molar-refractivity contribution in [3.05, 3.63) is 35.9 Å². The van der Waals surface area contributed by atoms with Gasteiger partial charge in [-0.2, -0.15) is 0 Å². The van der Waals surface area contributed by atoms with E-state index in [-0.39, 0.29) is 11.8 Å². The van der Waals surface area contributed by atoms with Crippen LogP contribution < -0.4 is 10.6 Å². The van der Waals surface area contributed by atoms with Gasteiger partial charge >= 0.3 is 0 Å². The average molecular weight is 301 g/mol. The molecule has 2 atom stereocenters. The number of hydrogen-bond acceptors (Lipinski definition) is 3. The fourth-order valence-electron chi connectivity index (χ4n) is 3.41. The molecule has 2 unspecified atom stereocenters. The average Bonchev–Trinajstić information content (AvgIpc) is 2.91. The predicted molar refractivity (Wildman–Crippen MR) is 88.4 cm³/mol. The minimum absolute atomic E-state index is 0.130. The van der Waals surface area contributed by atoms with Crippen molar-refractivity contribution in [3.8, 4) is 0 Å². The van der Waals surface area contributed by atoms with E-state index in [9.17, 15) is 4.79 Å². The number of benzene rings is 1. The van der Waals surface area contributed by atoms with Gasteiger partial charge in [-0.25, -0.2) is 0 Å². The lowest BCUT2D eigenvalue weighted by Gasteiger charge is -2.32. The van der Waals surface area contributed by atoms with Gasteiger partial charge in [-0.3, -0.25) is 9.69 Å². The first kappa shape index (κ1) is 15.5. The summed E-state index contributed by atoms with van der Waals surface area (Å²) in [7, 11) is 0. The van der Waals surface area contributed by atoms with E-state index < -0.39 is 0 Å². The molecule has 0 spiro atoms. The van der Waals surface area contributed by atoms with Crippen LogP contribution in [0.15, 0.2) is 30.3 Å². The second-order valence-corrected chi connectivity index (χ2v) is 6.70. The molecule has 2 saturated heterocycles. The van der Waals surface area contributed by atoms with Gasteiger partial charge in [0.2, 0.25) is 5.91 Å². The number of carbonyl (C=O) groups is 1. The van der Waals surface area contributed by atoms with Crippen LogP contribution in [-0.4, -0.2) is 43.0 Å². The highest BCUT2D eigenvalue weighted by Crippen LogP contribution is 2.20. The van der Waals surface area contributed by atoms with Crippen LogP contribution in [0.2, 0.25) is 0 Å². The first-order valence-electron chi connectivity index (χ1n) is 8.50. The van der Waals surface area contributed by atoms with Crippen LogP contribution in [-0.2, 0) is 11.3 Å². The van der Waals surface area contributed by atoms with Gasteiger partial charge in [0, 0.05) is 25.0 Å². The maximum absolute atomic E-state index is 12.2. The van der Waals surface area contributed by atoms with Gasteiger partial charge in [0.15, 0.2) is 0 Å². The summed E-state index contributed by atoms with van der Waals surface area (Å²) in [6, 6.07) is 11.1. The molecule has 1 aromatic rings. The van der Waals surface area contributed by atoms with Crippen molar-refractivity contribution in [2.24, 2.45) is 11.8 Å². The van der Waals surface area contributed by atoms with Crippen LogP contribution in [0.5, 0.6) is 0 Å². The highest BCUT2D eigenvalue weighted by molar-refractivity contribution is 5.78. The third-order valence-corrected chi connectivity index (χ3v) is 5.17. The fraction of sp³-hybridized carbons (Fsp3) is 0.611. The molecular weight excluding hydrogens is 274 g/mol. The highest BCUT2D eigenvalue weighted by Gasteiger charge is 2.30. The standard InChI is InChI=1S/C18H27N3O/c1-14(16-10-19-11-16)18(22)20-12-17-8-5-9-21(17)13-15-6-3-2-4-7-15/h2-4,6-7,14,16-17,19H,5,8-13H2,1H3,(H,20,22). The van der Waals surface area contributed by atoms with Crippen molar-refractivity contribution >= 4 is 5.91 Å². The molecule has 2 aliphatic heterocycles. The molecule has 22 heavy (non-hydrogen) atoms. The summed E-state index contributed by atoms with van der Waals surface area (Å²) in [5, 5.41) is 6.42. The Morgan fingerprint density at radius 2 is 2.14 bits per heavy atom. The summed E-state index contributed by atoms with van der Waals surface area (Å²) < 4.78 is 0. The molecule has 0 bridgehead atoms. The summed E-state index contributed by atoms with van der Waals surface area (Å²) in [5.74, 6) is 0.868. The minimum atomic E-state index is 0.130. The van der Waals surface area contributed by atoms with E-state index >= 15 is 0 Å². The molecule has 120 valence electrons. The minimum Gasteiger partial charge on any atom is -0.354 e. The predicted octanol–water partition coefficient (Wildman–Crippen LogP) is 1.62. The van der Waals surface area contributed by atoms with E-state index in [0.29, 0.717) is 12.0 Å². The lowest BCUT2D eigenvalue weighted by molar-refractivity contribution is -0.126. The van der Waals surface area contributed by atoms with Gasteiger partial charge < -0.3 is 10.6 Å². The summed E-state index contributed by atoms with van der Waals surface area (Å²) >= 11 is 0. The summed E-state index contributed by atoms with van der Waals surface area (Å²) in [4.78, 5) is 14.7. The van der Waals surface area contributed by atoms with E-state index in [2.05, 4.69) is 52.8 Å². The zero-order chi connectivity index (χ0) is 15.4.